The summed E-state index contributed by atoms with van der Waals surface area (Å²) in [4.78, 5) is 17.5. The number of pyridine rings is 1. The molecule has 0 unspecified atom stereocenters. The van der Waals surface area contributed by atoms with Gasteiger partial charge in [-0.3, -0.25) is 9.78 Å². The fraction of sp³-hybridized carbons (Fsp3) is 0.200. The first-order valence-corrected chi connectivity index (χ1v) is 10.5. The van der Waals surface area contributed by atoms with Crippen molar-refractivity contribution in [3.8, 4) is 22.8 Å². The van der Waals surface area contributed by atoms with Gasteiger partial charge in [0, 0.05) is 12.7 Å². The number of benzene rings is 2. The Hall–Kier alpha value is -4.00. The highest BCUT2D eigenvalue weighted by atomic mass is 16.5. The van der Waals surface area contributed by atoms with Crippen molar-refractivity contribution in [2.75, 3.05) is 7.11 Å². The zero-order valence-corrected chi connectivity index (χ0v) is 18.3. The summed E-state index contributed by atoms with van der Waals surface area (Å²) >= 11 is 0. The van der Waals surface area contributed by atoms with Crippen LogP contribution in [-0.2, 0) is 6.54 Å². The van der Waals surface area contributed by atoms with Gasteiger partial charge in [0.05, 0.1) is 12.8 Å². The third-order valence-corrected chi connectivity index (χ3v) is 5.21. The molecule has 0 bridgehead atoms. The third kappa shape index (κ3) is 4.37. The molecule has 0 radical (unpaired) electrons. The van der Waals surface area contributed by atoms with Gasteiger partial charge < -0.3 is 10.1 Å². The van der Waals surface area contributed by atoms with Crippen molar-refractivity contribution in [3.05, 3.63) is 89.7 Å². The van der Waals surface area contributed by atoms with Crippen LogP contribution in [0.15, 0.2) is 72.9 Å². The molecule has 1 amide bonds. The molecule has 162 valence electrons. The zero-order chi connectivity index (χ0) is 22.5. The van der Waals surface area contributed by atoms with Crippen molar-refractivity contribution < 1.29 is 9.53 Å². The van der Waals surface area contributed by atoms with Crippen LogP contribution in [0, 0.1) is 0 Å². The van der Waals surface area contributed by atoms with Gasteiger partial charge in [-0.1, -0.05) is 61.5 Å². The molecule has 0 fully saturated rings. The van der Waals surface area contributed by atoms with Crippen LogP contribution in [-0.4, -0.2) is 33.0 Å². The molecule has 4 rings (SSSR count). The first kappa shape index (κ1) is 21.2. The Kier molecular flexibility index (Phi) is 6.26. The van der Waals surface area contributed by atoms with Gasteiger partial charge in [0.15, 0.2) is 5.69 Å². The van der Waals surface area contributed by atoms with Crippen LogP contribution in [0.3, 0.4) is 0 Å². The second-order valence-corrected chi connectivity index (χ2v) is 7.66. The molecule has 0 aliphatic heterocycles. The van der Waals surface area contributed by atoms with Gasteiger partial charge in [-0.05, 0) is 41.3 Å². The third-order valence-electron chi connectivity index (χ3n) is 5.21. The van der Waals surface area contributed by atoms with Gasteiger partial charge in [0.25, 0.3) is 5.91 Å². The van der Waals surface area contributed by atoms with E-state index in [4.69, 9.17) is 4.74 Å². The van der Waals surface area contributed by atoms with Crippen LogP contribution in [0.25, 0.3) is 17.1 Å². The average molecular weight is 428 g/mol. The predicted molar refractivity (Wildman–Crippen MR) is 123 cm³/mol. The largest absolute Gasteiger partial charge is 0.494 e. The minimum atomic E-state index is -0.320. The van der Waals surface area contributed by atoms with E-state index in [1.807, 2.05) is 54.6 Å². The van der Waals surface area contributed by atoms with E-state index in [2.05, 4.69) is 46.6 Å². The number of hydrogen-bond donors (Lipinski definition) is 1. The van der Waals surface area contributed by atoms with E-state index >= 15 is 0 Å². The van der Waals surface area contributed by atoms with Gasteiger partial charge in [0.1, 0.15) is 17.1 Å². The summed E-state index contributed by atoms with van der Waals surface area (Å²) in [6.45, 7) is 4.70. The van der Waals surface area contributed by atoms with Crippen LogP contribution in [0.2, 0.25) is 0 Å². The van der Waals surface area contributed by atoms with E-state index < -0.39 is 0 Å². The molecule has 4 aromatic rings. The highest BCUT2D eigenvalue weighted by molar-refractivity contribution is 5.98. The molecule has 2 aromatic carbocycles. The summed E-state index contributed by atoms with van der Waals surface area (Å²) in [7, 11) is 1.59. The number of para-hydroxylation sites is 2. The molecule has 1 N–H and O–H groups in total. The maximum absolute atomic E-state index is 13.1. The fourth-order valence-electron chi connectivity index (χ4n) is 3.43. The quantitative estimate of drug-likeness (QED) is 0.473. The summed E-state index contributed by atoms with van der Waals surface area (Å²) in [5.74, 6) is 0.760. The number of methoxy groups -OCH3 is 1. The summed E-state index contributed by atoms with van der Waals surface area (Å²) in [5.41, 5.74) is 4.24. The van der Waals surface area contributed by atoms with Crippen molar-refractivity contribution >= 4 is 5.91 Å². The number of rotatable bonds is 7. The number of nitrogens with zero attached hydrogens (tertiary/aromatic N) is 4. The van der Waals surface area contributed by atoms with Crippen LogP contribution < -0.4 is 10.1 Å². The molecule has 2 aromatic heterocycles. The van der Waals surface area contributed by atoms with Crippen LogP contribution in [0.4, 0.5) is 0 Å². The first-order chi connectivity index (χ1) is 15.6. The molecule has 7 nitrogen and oxygen atoms in total. The van der Waals surface area contributed by atoms with E-state index in [1.165, 1.54) is 5.56 Å². The minimum Gasteiger partial charge on any atom is -0.494 e. The lowest BCUT2D eigenvalue weighted by Gasteiger charge is -2.11. The van der Waals surface area contributed by atoms with Crippen molar-refractivity contribution in [1.29, 1.82) is 0 Å². The number of nitrogens with one attached hydrogen (secondary N) is 1. The number of aromatic nitrogens is 4. The molecule has 0 saturated carbocycles. The normalized spacial score (nSPS) is 10.9. The van der Waals surface area contributed by atoms with Gasteiger partial charge in [-0.25, -0.2) is 4.68 Å². The van der Waals surface area contributed by atoms with E-state index in [0.717, 1.165) is 5.56 Å². The number of carbonyl (C=O) groups excluding carboxylic acids is 1. The fourth-order valence-corrected chi connectivity index (χ4v) is 3.43. The predicted octanol–water partition coefficient (Wildman–Crippen LogP) is 4.39. The maximum Gasteiger partial charge on any atom is 0.274 e. The Bertz CT molecular complexity index is 1200. The minimum absolute atomic E-state index is 0.202. The van der Waals surface area contributed by atoms with Crippen molar-refractivity contribution in [3.63, 3.8) is 0 Å². The zero-order valence-electron chi connectivity index (χ0n) is 18.3. The van der Waals surface area contributed by atoms with E-state index in [1.54, 1.807) is 18.0 Å². The lowest BCUT2D eigenvalue weighted by molar-refractivity contribution is 0.0946. The highest BCUT2D eigenvalue weighted by Crippen LogP contribution is 2.28. The van der Waals surface area contributed by atoms with E-state index in [0.29, 0.717) is 35.3 Å². The topological polar surface area (TPSA) is 81.9 Å². The molecule has 32 heavy (non-hydrogen) atoms. The standard InChI is InChI=1S/C25H25N5O2/c1-17(2)19-13-11-18(12-14-19)16-27-25(31)23-24(20-8-6-7-15-26-20)30(29-28-23)21-9-4-5-10-22(21)32-3/h4-15,17H,16H2,1-3H3,(H,27,31). The van der Waals surface area contributed by atoms with Crippen molar-refractivity contribution in [2.24, 2.45) is 0 Å². The Morgan fingerprint density at radius 3 is 2.47 bits per heavy atom. The molecule has 0 spiro atoms. The smallest absolute Gasteiger partial charge is 0.274 e. The van der Waals surface area contributed by atoms with E-state index in [-0.39, 0.29) is 11.6 Å². The Morgan fingerprint density at radius 2 is 1.78 bits per heavy atom. The first-order valence-electron chi connectivity index (χ1n) is 10.5. The molecule has 0 atom stereocenters. The van der Waals surface area contributed by atoms with Gasteiger partial charge in [-0.2, -0.15) is 0 Å². The van der Waals surface area contributed by atoms with Crippen LogP contribution in [0.1, 0.15) is 41.4 Å². The number of amides is 1. The lowest BCUT2D eigenvalue weighted by Crippen LogP contribution is -2.24. The summed E-state index contributed by atoms with van der Waals surface area (Å²) in [6.07, 6.45) is 1.67. The molecular weight excluding hydrogens is 402 g/mol. The molecule has 2 heterocycles. The Balaban J connectivity index is 1.66. The number of ether oxygens (including phenoxy) is 1. The van der Waals surface area contributed by atoms with Crippen molar-refractivity contribution in [2.45, 2.75) is 26.3 Å². The van der Waals surface area contributed by atoms with Crippen molar-refractivity contribution in [1.82, 2.24) is 25.3 Å². The SMILES string of the molecule is COc1ccccc1-n1nnc(C(=O)NCc2ccc(C(C)C)cc2)c1-c1ccccn1. The Morgan fingerprint density at radius 1 is 1.03 bits per heavy atom. The monoisotopic (exact) mass is 427 g/mol. The van der Waals surface area contributed by atoms with Crippen LogP contribution >= 0.6 is 0 Å². The van der Waals surface area contributed by atoms with Crippen LogP contribution in [0.5, 0.6) is 5.75 Å². The maximum atomic E-state index is 13.1. The average Bonchev–Trinajstić information content (AvgIpc) is 3.28. The second kappa shape index (κ2) is 9.43. The van der Waals surface area contributed by atoms with Gasteiger partial charge in [-0.15, -0.1) is 5.10 Å². The lowest BCUT2D eigenvalue weighted by atomic mass is 10.0. The summed E-state index contributed by atoms with van der Waals surface area (Å²) in [5, 5.41) is 11.4. The number of carbonyl (C=O) groups is 1. The summed E-state index contributed by atoms with van der Waals surface area (Å²) in [6, 6.07) is 21.2. The van der Waals surface area contributed by atoms with Gasteiger partial charge >= 0.3 is 0 Å². The summed E-state index contributed by atoms with van der Waals surface area (Å²) < 4.78 is 7.07. The molecule has 0 saturated heterocycles. The Labute approximate surface area is 187 Å². The highest BCUT2D eigenvalue weighted by Gasteiger charge is 2.24. The second-order valence-electron chi connectivity index (χ2n) is 7.66. The molecule has 0 aliphatic carbocycles. The van der Waals surface area contributed by atoms with E-state index in [9.17, 15) is 4.79 Å². The molecule has 7 heteroatoms. The van der Waals surface area contributed by atoms with Gasteiger partial charge in [0.2, 0.25) is 0 Å². The number of hydrogen-bond acceptors (Lipinski definition) is 5. The molecule has 0 aliphatic rings. The molecular formula is C25H25N5O2.